The first-order valence-electron chi connectivity index (χ1n) is 3.81. The highest BCUT2D eigenvalue weighted by Gasteiger charge is 2.32. The summed E-state index contributed by atoms with van der Waals surface area (Å²) >= 11 is 0. The molecule has 0 spiro atoms. The van der Waals surface area contributed by atoms with Gasteiger partial charge in [-0.25, -0.2) is 0 Å². The summed E-state index contributed by atoms with van der Waals surface area (Å²) in [6.45, 7) is 6.96. The van der Waals surface area contributed by atoms with Crippen LogP contribution in [0.3, 0.4) is 0 Å². The van der Waals surface area contributed by atoms with E-state index < -0.39 is 0 Å². The number of Topliss-reactive ketones (excluding diaryl/α,β-unsaturated/α-hetero) is 1. The molecule has 0 radical (unpaired) electrons. The van der Waals surface area contributed by atoms with Crippen molar-refractivity contribution >= 4 is 5.78 Å². The minimum atomic E-state index is -0.271. The van der Waals surface area contributed by atoms with Crippen molar-refractivity contribution in [2.24, 2.45) is 5.92 Å². The average molecular weight is 141 g/mol. The minimum Gasteiger partial charge on any atom is -0.305 e. The second kappa shape index (κ2) is 2.35. The molecule has 1 fully saturated rings. The second-order valence-electron chi connectivity index (χ2n) is 3.74. The van der Waals surface area contributed by atoms with Gasteiger partial charge in [-0.2, -0.15) is 0 Å². The summed E-state index contributed by atoms with van der Waals surface area (Å²) in [5.74, 6) is 0.853. The Kier molecular flexibility index (Phi) is 1.82. The molecule has 1 rings (SSSR count). The predicted octanol–water partition coefficient (Wildman–Crippen LogP) is 0.964. The van der Waals surface area contributed by atoms with Crippen molar-refractivity contribution in [1.29, 1.82) is 0 Å². The van der Waals surface area contributed by atoms with Gasteiger partial charge in [0.15, 0.2) is 5.78 Å². The van der Waals surface area contributed by atoms with Gasteiger partial charge in [-0.3, -0.25) is 4.79 Å². The molecule has 0 saturated carbocycles. The molecule has 2 heteroatoms. The Balaban J connectivity index is 2.61. The maximum Gasteiger partial charge on any atom is 0.152 e. The topological polar surface area (TPSA) is 29.1 Å². The van der Waals surface area contributed by atoms with E-state index in [0.29, 0.717) is 11.7 Å². The first-order valence-corrected chi connectivity index (χ1v) is 3.81. The molecule has 0 aromatic rings. The van der Waals surface area contributed by atoms with E-state index in [1.807, 2.05) is 13.8 Å². The van der Waals surface area contributed by atoms with Gasteiger partial charge in [0.05, 0.1) is 5.54 Å². The van der Waals surface area contributed by atoms with Gasteiger partial charge in [-0.1, -0.05) is 6.92 Å². The van der Waals surface area contributed by atoms with Gasteiger partial charge in [0.25, 0.3) is 0 Å². The number of rotatable bonds is 0. The zero-order valence-corrected chi connectivity index (χ0v) is 6.90. The molecule has 1 heterocycles. The van der Waals surface area contributed by atoms with E-state index in [9.17, 15) is 4.79 Å². The molecule has 2 nitrogen and oxygen atoms in total. The third kappa shape index (κ3) is 1.37. The van der Waals surface area contributed by atoms with Crippen molar-refractivity contribution in [3.63, 3.8) is 0 Å². The van der Waals surface area contributed by atoms with Gasteiger partial charge in [0, 0.05) is 6.42 Å². The van der Waals surface area contributed by atoms with Gasteiger partial charge in [0.2, 0.25) is 0 Å². The van der Waals surface area contributed by atoms with Crippen LogP contribution in [0.2, 0.25) is 0 Å². The fraction of sp³-hybridized carbons (Fsp3) is 0.875. The van der Waals surface area contributed by atoms with Gasteiger partial charge in [0.1, 0.15) is 0 Å². The largest absolute Gasteiger partial charge is 0.305 e. The third-order valence-electron chi connectivity index (χ3n) is 2.12. The van der Waals surface area contributed by atoms with Crippen LogP contribution < -0.4 is 5.32 Å². The lowest BCUT2D eigenvalue weighted by atomic mass is 9.87. The number of carbonyl (C=O) groups is 1. The van der Waals surface area contributed by atoms with Crippen LogP contribution in [0.4, 0.5) is 0 Å². The lowest BCUT2D eigenvalue weighted by Crippen LogP contribution is -2.53. The highest BCUT2D eigenvalue weighted by atomic mass is 16.1. The van der Waals surface area contributed by atoms with Crippen molar-refractivity contribution in [1.82, 2.24) is 5.32 Å². The van der Waals surface area contributed by atoms with Gasteiger partial charge < -0.3 is 5.32 Å². The van der Waals surface area contributed by atoms with E-state index in [0.717, 1.165) is 13.0 Å². The van der Waals surface area contributed by atoms with Crippen LogP contribution in [0, 0.1) is 5.92 Å². The van der Waals surface area contributed by atoms with Crippen LogP contribution in [0.25, 0.3) is 0 Å². The molecule has 0 amide bonds. The Labute approximate surface area is 62.0 Å². The van der Waals surface area contributed by atoms with Crippen LogP contribution in [-0.4, -0.2) is 17.9 Å². The normalized spacial score (nSPS) is 32.3. The van der Waals surface area contributed by atoms with E-state index in [1.54, 1.807) is 0 Å². The second-order valence-corrected chi connectivity index (χ2v) is 3.74. The van der Waals surface area contributed by atoms with Crippen molar-refractivity contribution < 1.29 is 4.79 Å². The monoisotopic (exact) mass is 141 g/mol. The lowest BCUT2D eigenvalue weighted by Gasteiger charge is -2.32. The van der Waals surface area contributed by atoms with Crippen LogP contribution in [-0.2, 0) is 4.79 Å². The SMILES string of the molecule is C[C@@H]1CNC(C)(C)C(=O)C1. The highest BCUT2D eigenvalue weighted by Crippen LogP contribution is 2.17. The quantitative estimate of drug-likeness (QED) is 0.544. The molecule has 1 N–H and O–H groups in total. The van der Waals surface area contributed by atoms with E-state index >= 15 is 0 Å². The molecule has 1 atom stereocenters. The fourth-order valence-corrected chi connectivity index (χ4v) is 1.17. The molecule has 1 aliphatic heterocycles. The predicted molar refractivity (Wildman–Crippen MR) is 40.9 cm³/mol. The summed E-state index contributed by atoms with van der Waals surface area (Å²) in [6, 6.07) is 0. The molecule has 1 saturated heterocycles. The van der Waals surface area contributed by atoms with Gasteiger partial charge in [-0.15, -0.1) is 0 Å². The summed E-state index contributed by atoms with van der Waals surface area (Å²) in [7, 11) is 0. The number of hydrogen-bond acceptors (Lipinski definition) is 2. The minimum absolute atomic E-state index is 0.271. The number of nitrogens with one attached hydrogen (secondary N) is 1. The van der Waals surface area contributed by atoms with E-state index in [-0.39, 0.29) is 5.54 Å². The van der Waals surface area contributed by atoms with Crippen molar-refractivity contribution in [3.8, 4) is 0 Å². The third-order valence-corrected chi connectivity index (χ3v) is 2.12. The fourth-order valence-electron chi connectivity index (χ4n) is 1.17. The summed E-state index contributed by atoms with van der Waals surface area (Å²) in [4.78, 5) is 11.3. The molecule has 0 aromatic carbocycles. The summed E-state index contributed by atoms with van der Waals surface area (Å²) < 4.78 is 0. The van der Waals surface area contributed by atoms with Crippen molar-refractivity contribution in [2.75, 3.05) is 6.54 Å². The van der Waals surface area contributed by atoms with Crippen LogP contribution >= 0.6 is 0 Å². The van der Waals surface area contributed by atoms with Crippen LogP contribution in [0.15, 0.2) is 0 Å². The highest BCUT2D eigenvalue weighted by molar-refractivity contribution is 5.88. The molecule has 1 aliphatic rings. The first-order chi connectivity index (χ1) is 4.52. The summed E-state index contributed by atoms with van der Waals surface area (Å²) in [5.41, 5.74) is -0.271. The molecule has 58 valence electrons. The molecular weight excluding hydrogens is 126 g/mol. The maximum absolute atomic E-state index is 11.3. The van der Waals surface area contributed by atoms with Crippen molar-refractivity contribution in [2.45, 2.75) is 32.7 Å². The Hall–Kier alpha value is -0.370. The number of ketones is 1. The lowest BCUT2D eigenvalue weighted by molar-refractivity contribution is -0.127. The van der Waals surface area contributed by atoms with Gasteiger partial charge >= 0.3 is 0 Å². The Morgan fingerprint density at radius 2 is 2.20 bits per heavy atom. The number of hydrogen-bond donors (Lipinski definition) is 1. The van der Waals surface area contributed by atoms with E-state index in [2.05, 4.69) is 12.2 Å². The first kappa shape index (κ1) is 7.73. The summed E-state index contributed by atoms with van der Waals surface area (Å²) in [6.07, 6.45) is 0.736. The Morgan fingerprint density at radius 3 is 2.60 bits per heavy atom. The molecule has 0 aliphatic carbocycles. The van der Waals surface area contributed by atoms with Crippen LogP contribution in [0.5, 0.6) is 0 Å². The molecule has 0 bridgehead atoms. The standard InChI is InChI=1S/C8H15NO/c1-6-4-7(10)8(2,3)9-5-6/h6,9H,4-5H2,1-3H3/t6-/m0/s1. The molecule has 0 unspecified atom stereocenters. The van der Waals surface area contributed by atoms with Crippen molar-refractivity contribution in [3.05, 3.63) is 0 Å². The molecule has 0 aromatic heterocycles. The van der Waals surface area contributed by atoms with Crippen LogP contribution in [0.1, 0.15) is 27.2 Å². The van der Waals surface area contributed by atoms with Gasteiger partial charge in [-0.05, 0) is 26.3 Å². The summed E-state index contributed by atoms with van der Waals surface area (Å²) in [5, 5.41) is 3.21. The van der Waals surface area contributed by atoms with E-state index in [4.69, 9.17) is 0 Å². The Bertz CT molecular complexity index is 151. The zero-order chi connectivity index (χ0) is 7.78. The maximum atomic E-state index is 11.3. The average Bonchev–Trinajstić information content (AvgIpc) is 1.81. The number of carbonyl (C=O) groups excluding carboxylic acids is 1. The molecular formula is C8H15NO. The number of piperidine rings is 1. The smallest absolute Gasteiger partial charge is 0.152 e. The van der Waals surface area contributed by atoms with E-state index in [1.165, 1.54) is 0 Å². The molecule has 10 heavy (non-hydrogen) atoms. The zero-order valence-electron chi connectivity index (χ0n) is 6.90. The Morgan fingerprint density at radius 1 is 1.60 bits per heavy atom.